The quantitative estimate of drug-likeness (QED) is 0.0158. The van der Waals surface area contributed by atoms with Crippen molar-refractivity contribution in [2.75, 3.05) is 123 Å². The van der Waals surface area contributed by atoms with E-state index in [0.717, 1.165) is 52.9 Å². The van der Waals surface area contributed by atoms with Gasteiger partial charge in [-0.2, -0.15) is 0 Å². The number of hydrogen-bond donors (Lipinski definition) is 10. The molecule has 7 aliphatic rings. The third kappa shape index (κ3) is 10.9. The molecule has 10 N–H and O–H groups in total. The Balaban J connectivity index is 0.000000246. The number of nitrogens with one attached hydrogen (secondary N) is 5. The molecule has 9 atom stereocenters. The van der Waals surface area contributed by atoms with Crippen molar-refractivity contribution < 1.29 is 68.5 Å². The summed E-state index contributed by atoms with van der Waals surface area (Å²) in [5.74, 6) is -3.17. The van der Waals surface area contributed by atoms with E-state index in [4.69, 9.17) is 29.2 Å². The fraction of sp³-hybridized carbons (Fsp3) is 0.478. The average Bonchev–Trinajstić information content (AvgIpc) is 1.51. The molecule has 22 nitrogen and oxygen atoms in total. The number of carbonyl (C=O) groups excluding carboxylic acids is 5. The van der Waals surface area contributed by atoms with Gasteiger partial charge in [-0.25, -0.2) is 4.79 Å². The number of benzene rings is 4. The van der Waals surface area contributed by atoms with Crippen LogP contribution in [0, 0.1) is 11.3 Å². The minimum Gasteiger partial charge on any atom is -0.507 e. The number of phenolic OH excluding ortho intramolecular Hbond substituents is 2. The molecule has 2 bridgehead atoms. The van der Waals surface area contributed by atoms with E-state index in [9.17, 15) is 34.5 Å². The van der Waals surface area contributed by atoms with E-state index in [1.54, 1.807) is 19.2 Å². The first-order valence-corrected chi connectivity index (χ1v) is 30.8. The third-order valence-corrected chi connectivity index (χ3v) is 19.8. The molecule has 24 heteroatoms. The number of methoxy groups -OCH3 is 3. The molecular weight excluding hydrogens is 1210 g/mol. The number of aromatic amines is 1. The minimum atomic E-state index is -2.27. The summed E-state index contributed by atoms with van der Waals surface area (Å²) < 4.78 is 23.9. The summed E-state index contributed by atoms with van der Waals surface area (Å²) in [5.41, 5.74) is 1.73. The summed E-state index contributed by atoms with van der Waals surface area (Å²) in [5, 5.41) is 64.9. The van der Waals surface area contributed by atoms with Crippen molar-refractivity contribution in [3.8, 4) is 17.2 Å². The number of aromatic hydroxyl groups is 2. The van der Waals surface area contributed by atoms with Gasteiger partial charge in [-0.3, -0.25) is 29.0 Å². The molecule has 6 heterocycles. The summed E-state index contributed by atoms with van der Waals surface area (Å²) >= 11 is 0. The number of hydrogen-bond acceptors (Lipinski definition) is 21. The van der Waals surface area contributed by atoms with Crippen LogP contribution in [-0.4, -0.2) is 201 Å². The molecule has 0 radical (unpaired) electrons. The number of rotatable bonds is 19. The monoisotopic (exact) mass is 1290 g/mol. The number of aliphatic hydroxyl groups is 3. The van der Waals surface area contributed by atoms with Gasteiger partial charge in [0, 0.05) is 142 Å². The van der Waals surface area contributed by atoms with Crippen molar-refractivity contribution in [2.45, 2.75) is 87.6 Å². The molecule has 5 aromatic rings. The van der Waals surface area contributed by atoms with Gasteiger partial charge in [0.2, 0.25) is 17.2 Å². The predicted octanol–water partition coefficient (Wildman–Crippen LogP) is 5.46. The first-order chi connectivity index (χ1) is 42.9. The van der Waals surface area contributed by atoms with Crippen molar-refractivity contribution in [1.82, 2.24) is 25.4 Å². The van der Waals surface area contributed by atoms with Crippen LogP contribution in [0.1, 0.15) is 101 Å². The zero-order valence-electron chi connectivity index (χ0n) is 52.4. The lowest BCUT2D eigenvalue weighted by Crippen LogP contribution is -2.81. The second-order valence-corrected chi connectivity index (χ2v) is 24.4. The molecule has 2 unspecified atom stereocenters. The lowest BCUT2D eigenvalue weighted by molar-refractivity contribution is -0.228. The number of halogens is 2. The van der Waals surface area contributed by atoms with Crippen LogP contribution in [0.3, 0.4) is 0 Å². The van der Waals surface area contributed by atoms with Crippen LogP contribution < -0.4 is 30.9 Å². The zero-order chi connectivity index (χ0) is 63.3. The number of phenols is 2. The van der Waals surface area contributed by atoms with Gasteiger partial charge in [-0.05, 0) is 85.7 Å². The molecule has 2 aliphatic carbocycles. The fourth-order valence-corrected chi connectivity index (χ4v) is 16.5. The summed E-state index contributed by atoms with van der Waals surface area (Å²) in [6.07, 6.45) is 7.67. The second-order valence-electron chi connectivity index (χ2n) is 24.4. The highest BCUT2D eigenvalue weighted by molar-refractivity contribution is 6.33. The summed E-state index contributed by atoms with van der Waals surface area (Å²) in [4.78, 5) is 79.9. The molecule has 2 fully saturated rings. The van der Waals surface area contributed by atoms with Crippen LogP contribution in [0.4, 0.5) is 17.1 Å². The molecule has 91 heavy (non-hydrogen) atoms. The summed E-state index contributed by atoms with van der Waals surface area (Å²) in [7, 11) is 6.22. The van der Waals surface area contributed by atoms with E-state index >= 15 is 4.79 Å². The van der Waals surface area contributed by atoms with Gasteiger partial charge in [-0.1, -0.05) is 55.8 Å². The highest BCUT2D eigenvalue weighted by atomic mass is 35.5. The molecule has 0 amide bonds. The topological polar surface area (TPSA) is 297 Å². The van der Waals surface area contributed by atoms with Gasteiger partial charge in [0.15, 0.2) is 6.10 Å². The molecular formula is C67H84Cl2N8O14. The molecule has 1 aromatic heterocycles. The lowest BCUT2D eigenvalue weighted by Gasteiger charge is -2.63. The third-order valence-electron chi connectivity index (χ3n) is 19.8. The standard InChI is InChI=1S/C45H54N4O8.C22H28N4O6.2ClH/c1-8-27-19-28-22-44(40(51)55-6,36-30(25-48(23-27)24-28)29-13-10-11-14-33(29)46-36)32-20-31-34(21-35(32)54-5)47(4)38-43(31)16-18-49-17-12-15-42(9-2,37(43)49)39(57-26(3)50)45(38,53)41(52)56-7;27-11-9-23-5-7-25-13-1-2-14(26-8-6-24-10-12-28)18-17(13)21(31)19-15(29)3-4-16(30)20(19)22(18)32;;/h10-15,19-21,28,37-39,46,53H,8-9,16-18,22-25H2,1-7H3;1-4,23-30H,5-12H2;2*1H/t28?,37-,38+,39+,42+,43+,44-,45-;;;/m0.../s1. The first-order valence-electron chi connectivity index (χ1n) is 30.8. The van der Waals surface area contributed by atoms with Gasteiger partial charge in [-0.15, -0.1) is 24.8 Å². The maximum Gasteiger partial charge on any atom is 0.344 e. The smallest absolute Gasteiger partial charge is 0.344 e. The Hall–Kier alpha value is -7.25. The Morgan fingerprint density at radius 3 is 1.97 bits per heavy atom. The van der Waals surface area contributed by atoms with Crippen LogP contribution in [0.15, 0.2) is 84.5 Å². The van der Waals surface area contributed by atoms with E-state index in [1.807, 2.05) is 37.1 Å². The number of para-hydroxylation sites is 1. The zero-order valence-corrected chi connectivity index (χ0v) is 54.0. The number of fused-ring (bicyclic) bond motifs is 8. The Bertz CT molecular complexity index is 3610. The van der Waals surface area contributed by atoms with Crippen LogP contribution in [0.25, 0.3) is 10.9 Å². The number of aromatic nitrogens is 1. The molecule has 5 aliphatic heterocycles. The Labute approximate surface area is 541 Å². The van der Waals surface area contributed by atoms with Gasteiger partial charge >= 0.3 is 17.9 Å². The number of ketones is 2. The highest BCUT2D eigenvalue weighted by Gasteiger charge is 2.80. The van der Waals surface area contributed by atoms with Crippen LogP contribution in [0.2, 0.25) is 0 Å². The number of carbonyl (C=O) groups is 5. The van der Waals surface area contributed by atoms with E-state index < -0.39 is 57.5 Å². The number of esters is 3. The summed E-state index contributed by atoms with van der Waals surface area (Å²) in [6.45, 7) is 12.0. The Kier molecular flexibility index (Phi) is 20.3. The number of ether oxygens (including phenoxy) is 4. The highest BCUT2D eigenvalue weighted by Crippen LogP contribution is 2.68. The number of nitrogens with zero attached hydrogens (tertiary/aromatic N) is 3. The SMILES string of the molecule is CCC1=CC2CN(C1)Cc1c([nH]c3ccccc13)[C@@](C(=O)OC)(c1cc3c(cc1OC)N(C)[C@H]1[C@@](O)(C(=O)OC)[C@H](OC(C)=O)[C@]4(CC)C=CCN5CC[C@]31[C@@H]54)C2.Cl.Cl.O=C1c2c(O)ccc(O)c2C(=O)c2c(NCCNCCO)ccc(NCCNCCO)c21. The number of aliphatic hydroxyl groups excluding tert-OH is 2. The largest absolute Gasteiger partial charge is 0.507 e. The number of likely N-dealkylation sites (N-methyl/N-ethyl adjacent to an activating group) is 1. The maximum absolute atomic E-state index is 15.2. The summed E-state index contributed by atoms with van der Waals surface area (Å²) in [6, 6.07) is 16.9. The van der Waals surface area contributed by atoms with Gasteiger partial charge in [0.05, 0.1) is 62.8 Å². The lowest BCUT2D eigenvalue weighted by atomic mass is 9.47. The molecule has 4 aromatic carbocycles. The van der Waals surface area contributed by atoms with E-state index in [2.05, 4.69) is 79.4 Å². The van der Waals surface area contributed by atoms with E-state index in [1.165, 1.54) is 38.8 Å². The van der Waals surface area contributed by atoms with E-state index in [0.29, 0.717) is 101 Å². The average molecular weight is 1300 g/mol. The first kappa shape index (κ1) is 68.1. The van der Waals surface area contributed by atoms with Crippen molar-refractivity contribution in [1.29, 1.82) is 0 Å². The fourth-order valence-electron chi connectivity index (χ4n) is 16.5. The Morgan fingerprint density at radius 2 is 1.40 bits per heavy atom. The van der Waals surface area contributed by atoms with Crippen LogP contribution in [0.5, 0.6) is 17.2 Å². The van der Waals surface area contributed by atoms with Crippen LogP contribution in [-0.2, 0) is 46.0 Å². The molecule has 1 saturated carbocycles. The maximum atomic E-state index is 15.2. The normalized spacial score (nSPS) is 26.2. The van der Waals surface area contributed by atoms with Crippen molar-refractivity contribution in [3.63, 3.8) is 0 Å². The van der Waals surface area contributed by atoms with Gasteiger partial charge in [0.25, 0.3) is 0 Å². The minimum absolute atomic E-state index is 0. The second kappa shape index (κ2) is 27.1. The molecule has 1 spiro atoms. The van der Waals surface area contributed by atoms with Crippen LogP contribution >= 0.6 is 24.8 Å². The molecule has 1 saturated heterocycles. The van der Waals surface area contributed by atoms with Crippen molar-refractivity contribution in [3.05, 3.63) is 129 Å². The number of anilines is 3. The van der Waals surface area contributed by atoms with Gasteiger partial charge < -0.3 is 75.6 Å². The van der Waals surface area contributed by atoms with Crippen molar-refractivity contribution in [2.24, 2.45) is 11.3 Å². The number of H-pyrrole nitrogens is 1. The van der Waals surface area contributed by atoms with Crippen molar-refractivity contribution >= 4 is 82.3 Å². The predicted molar refractivity (Wildman–Crippen MR) is 349 cm³/mol. The molecule has 12 rings (SSSR count). The Morgan fingerprint density at radius 1 is 0.769 bits per heavy atom. The molecule has 490 valence electrons. The van der Waals surface area contributed by atoms with E-state index in [-0.39, 0.29) is 89.7 Å². The van der Waals surface area contributed by atoms with Gasteiger partial charge in [0.1, 0.15) is 22.7 Å².